The molecule has 1 aromatic rings. The average molecular weight is 270 g/mol. The van der Waals surface area contributed by atoms with Gasteiger partial charge in [0.1, 0.15) is 0 Å². The summed E-state index contributed by atoms with van der Waals surface area (Å²) in [6, 6.07) is 3.45. The molecule has 0 aromatic heterocycles. The van der Waals surface area contributed by atoms with E-state index >= 15 is 0 Å². The minimum Gasteiger partial charge on any atom is -0.469 e. The van der Waals surface area contributed by atoms with E-state index in [0.717, 1.165) is 6.07 Å². The first-order valence-electron chi connectivity index (χ1n) is 5.75. The fourth-order valence-corrected chi connectivity index (χ4v) is 1.64. The molecule has 1 aromatic carbocycles. The van der Waals surface area contributed by atoms with Crippen LogP contribution in [0.1, 0.15) is 13.3 Å². The maximum Gasteiger partial charge on any atom is 0.307 e. The molecule has 0 aliphatic heterocycles. The lowest BCUT2D eigenvalue weighted by Crippen LogP contribution is -2.27. The van der Waals surface area contributed by atoms with E-state index in [4.69, 9.17) is 0 Å². The lowest BCUT2D eigenvalue weighted by atomic mass is 10.2. The first-order chi connectivity index (χ1) is 8.99. The molecule has 6 nitrogen and oxygen atoms in total. The van der Waals surface area contributed by atoms with Gasteiger partial charge in [0.2, 0.25) is 0 Å². The highest BCUT2D eigenvalue weighted by Gasteiger charge is 2.15. The molecule has 0 fully saturated rings. The van der Waals surface area contributed by atoms with Crippen LogP contribution in [0, 0.1) is 15.9 Å². The van der Waals surface area contributed by atoms with Crippen molar-refractivity contribution < 1.29 is 18.8 Å². The normalized spacial score (nSPS) is 10.1. The number of carbonyl (C=O) groups excluding carboxylic acids is 1. The molecule has 0 atom stereocenters. The molecule has 104 valence electrons. The number of methoxy groups -OCH3 is 1. The lowest BCUT2D eigenvalue weighted by molar-refractivity contribution is -0.385. The zero-order valence-corrected chi connectivity index (χ0v) is 10.8. The van der Waals surface area contributed by atoms with Crippen LogP contribution >= 0.6 is 0 Å². The Labute approximate surface area is 109 Å². The van der Waals surface area contributed by atoms with E-state index in [0.29, 0.717) is 6.54 Å². The number of non-ortho nitro benzene ring substituents is 1. The molecule has 0 saturated carbocycles. The third-order valence-electron chi connectivity index (χ3n) is 2.68. The second-order valence-corrected chi connectivity index (χ2v) is 3.80. The van der Waals surface area contributed by atoms with Crippen LogP contribution in [0.3, 0.4) is 0 Å². The second kappa shape index (κ2) is 6.67. The molecule has 0 N–H and O–H groups in total. The fourth-order valence-electron chi connectivity index (χ4n) is 1.64. The molecule has 7 heteroatoms. The number of hydrogen-bond donors (Lipinski definition) is 0. The Balaban J connectivity index is 2.86. The summed E-state index contributed by atoms with van der Waals surface area (Å²) >= 11 is 0. The van der Waals surface area contributed by atoms with Gasteiger partial charge in [-0.05, 0) is 13.0 Å². The number of nitro groups is 1. The summed E-state index contributed by atoms with van der Waals surface area (Å²) in [4.78, 5) is 22.5. The number of hydrogen-bond acceptors (Lipinski definition) is 5. The number of esters is 1. The highest BCUT2D eigenvalue weighted by Crippen LogP contribution is 2.24. The number of benzene rings is 1. The van der Waals surface area contributed by atoms with Gasteiger partial charge >= 0.3 is 5.97 Å². The van der Waals surface area contributed by atoms with Crippen LogP contribution in [-0.4, -0.2) is 31.1 Å². The Kier molecular flexibility index (Phi) is 5.23. The molecule has 0 radical (unpaired) electrons. The summed E-state index contributed by atoms with van der Waals surface area (Å²) in [6.45, 7) is 2.57. The summed E-state index contributed by atoms with van der Waals surface area (Å²) < 4.78 is 18.3. The largest absolute Gasteiger partial charge is 0.469 e. The van der Waals surface area contributed by atoms with Crippen LogP contribution in [0.25, 0.3) is 0 Å². The molecule has 1 rings (SSSR count). The quantitative estimate of drug-likeness (QED) is 0.450. The standard InChI is InChI=1S/C12H15FN2O4/c1-3-14(7-6-12(16)19-2)11-5-4-9(15(17)18)8-10(11)13/h4-5,8H,3,6-7H2,1-2H3. The van der Waals surface area contributed by atoms with Crippen molar-refractivity contribution in [2.24, 2.45) is 0 Å². The SMILES string of the molecule is CCN(CCC(=O)OC)c1ccc([N+](=O)[O-])cc1F. The highest BCUT2D eigenvalue weighted by molar-refractivity contribution is 5.70. The van der Waals surface area contributed by atoms with Gasteiger partial charge in [0, 0.05) is 19.2 Å². The van der Waals surface area contributed by atoms with Crippen molar-refractivity contribution in [1.82, 2.24) is 0 Å². The van der Waals surface area contributed by atoms with Crippen LogP contribution in [-0.2, 0) is 9.53 Å². The summed E-state index contributed by atoms with van der Waals surface area (Å²) in [5, 5.41) is 10.5. The minimum absolute atomic E-state index is 0.126. The van der Waals surface area contributed by atoms with Crippen molar-refractivity contribution in [3.05, 3.63) is 34.1 Å². The van der Waals surface area contributed by atoms with E-state index in [-0.39, 0.29) is 30.3 Å². The van der Waals surface area contributed by atoms with Crippen molar-refractivity contribution in [3.8, 4) is 0 Å². The van der Waals surface area contributed by atoms with Gasteiger partial charge in [-0.1, -0.05) is 0 Å². The first kappa shape index (κ1) is 14.9. The summed E-state index contributed by atoms with van der Waals surface area (Å²) in [5.41, 5.74) is -0.0673. The predicted octanol–water partition coefficient (Wildman–Crippen LogP) is 2.12. The van der Waals surface area contributed by atoms with Gasteiger partial charge in [-0.15, -0.1) is 0 Å². The molecule has 0 aliphatic carbocycles. The number of carbonyl (C=O) groups is 1. The van der Waals surface area contributed by atoms with Crippen molar-refractivity contribution in [1.29, 1.82) is 0 Å². The van der Waals surface area contributed by atoms with Gasteiger partial charge in [-0.3, -0.25) is 14.9 Å². The maximum atomic E-state index is 13.8. The number of nitrogens with zero attached hydrogens (tertiary/aromatic N) is 2. The molecular formula is C12H15FN2O4. The molecule has 0 amide bonds. The molecule has 0 heterocycles. The Morgan fingerprint density at radius 2 is 2.21 bits per heavy atom. The van der Waals surface area contributed by atoms with Gasteiger partial charge in [0.15, 0.2) is 5.82 Å². The van der Waals surface area contributed by atoms with E-state index < -0.39 is 10.7 Å². The molecular weight excluding hydrogens is 255 g/mol. The number of ether oxygens (including phenoxy) is 1. The number of halogens is 1. The fraction of sp³-hybridized carbons (Fsp3) is 0.417. The summed E-state index contributed by atoms with van der Waals surface area (Å²) in [5.74, 6) is -1.07. The first-order valence-corrected chi connectivity index (χ1v) is 5.75. The van der Waals surface area contributed by atoms with Gasteiger partial charge in [0.05, 0.1) is 30.2 Å². The Morgan fingerprint density at radius 1 is 1.53 bits per heavy atom. The third kappa shape index (κ3) is 3.90. The van der Waals surface area contributed by atoms with Crippen LogP contribution in [0.15, 0.2) is 18.2 Å². The highest BCUT2D eigenvalue weighted by atomic mass is 19.1. The van der Waals surface area contributed by atoms with Gasteiger partial charge in [-0.2, -0.15) is 0 Å². The smallest absolute Gasteiger partial charge is 0.307 e. The van der Waals surface area contributed by atoms with E-state index in [1.165, 1.54) is 19.2 Å². The minimum atomic E-state index is -0.680. The average Bonchev–Trinajstić information content (AvgIpc) is 2.40. The van der Waals surface area contributed by atoms with E-state index in [2.05, 4.69) is 4.74 Å². The number of rotatable bonds is 6. The van der Waals surface area contributed by atoms with E-state index in [1.807, 2.05) is 0 Å². The topological polar surface area (TPSA) is 72.7 Å². The monoisotopic (exact) mass is 270 g/mol. The van der Waals surface area contributed by atoms with Crippen LogP contribution in [0.4, 0.5) is 15.8 Å². The molecule has 0 unspecified atom stereocenters. The Hall–Kier alpha value is -2.18. The van der Waals surface area contributed by atoms with Crippen molar-refractivity contribution >= 4 is 17.3 Å². The predicted molar refractivity (Wildman–Crippen MR) is 67.6 cm³/mol. The van der Waals surface area contributed by atoms with E-state index in [1.54, 1.807) is 11.8 Å². The molecule has 0 bridgehead atoms. The summed E-state index contributed by atoms with van der Waals surface area (Å²) in [7, 11) is 1.28. The Morgan fingerprint density at radius 3 is 2.68 bits per heavy atom. The zero-order chi connectivity index (χ0) is 14.4. The number of nitro benzene ring substituents is 1. The molecule has 0 spiro atoms. The Bertz CT molecular complexity index is 479. The lowest BCUT2D eigenvalue weighted by Gasteiger charge is -2.22. The van der Waals surface area contributed by atoms with Crippen LogP contribution in [0.2, 0.25) is 0 Å². The van der Waals surface area contributed by atoms with Crippen molar-refractivity contribution in [2.75, 3.05) is 25.1 Å². The van der Waals surface area contributed by atoms with Crippen LogP contribution in [0.5, 0.6) is 0 Å². The zero-order valence-electron chi connectivity index (χ0n) is 10.8. The maximum absolute atomic E-state index is 13.8. The summed E-state index contributed by atoms with van der Waals surface area (Å²) in [6.07, 6.45) is 0.126. The molecule has 0 saturated heterocycles. The van der Waals surface area contributed by atoms with Gasteiger partial charge < -0.3 is 9.64 Å². The second-order valence-electron chi connectivity index (χ2n) is 3.80. The third-order valence-corrected chi connectivity index (χ3v) is 2.68. The van der Waals surface area contributed by atoms with Gasteiger partial charge in [-0.25, -0.2) is 4.39 Å². The van der Waals surface area contributed by atoms with E-state index in [9.17, 15) is 19.3 Å². The van der Waals surface area contributed by atoms with Crippen LogP contribution < -0.4 is 4.90 Å². The molecule has 0 aliphatic rings. The molecule has 19 heavy (non-hydrogen) atoms. The van der Waals surface area contributed by atoms with Crippen molar-refractivity contribution in [3.63, 3.8) is 0 Å². The van der Waals surface area contributed by atoms with Gasteiger partial charge in [0.25, 0.3) is 5.69 Å². The number of anilines is 1. The van der Waals surface area contributed by atoms with Crippen molar-refractivity contribution in [2.45, 2.75) is 13.3 Å².